The highest BCUT2D eigenvalue weighted by Gasteiger charge is 2.22. The van der Waals surface area contributed by atoms with E-state index in [0.717, 1.165) is 24.8 Å². The highest BCUT2D eigenvalue weighted by atomic mass is 16.5. The van der Waals surface area contributed by atoms with Crippen LogP contribution in [0.5, 0.6) is 0 Å². The normalized spacial score (nSPS) is 18.6. The van der Waals surface area contributed by atoms with Crippen molar-refractivity contribution in [3.05, 3.63) is 35.4 Å². The van der Waals surface area contributed by atoms with Gasteiger partial charge in [-0.3, -0.25) is 4.79 Å². The van der Waals surface area contributed by atoms with Gasteiger partial charge in [-0.05, 0) is 30.5 Å². The quantitative estimate of drug-likeness (QED) is 0.803. The molecule has 1 saturated heterocycles. The summed E-state index contributed by atoms with van der Waals surface area (Å²) in [6, 6.07) is 6.51. The van der Waals surface area contributed by atoms with Gasteiger partial charge in [0.1, 0.15) is 6.23 Å². The van der Waals surface area contributed by atoms with Crippen LogP contribution < -0.4 is 0 Å². The van der Waals surface area contributed by atoms with Gasteiger partial charge in [0, 0.05) is 13.2 Å². The van der Waals surface area contributed by atoms with Crippen LogP contribution in [0.15, 0.2) is 24.3 Å². The van der Waals surface area contributed by atoms with E-state index in [4.69, 9.17) is 9.84 Å². The van der Waals surface area contributed by atoms with Gasteiger partial charge in [0.25, 0.3) is 0 Å². The highest BCUT2D eigenvalue weighted by Crippen LogP contribution is 2.17. The van der Waals surface area contributed by atoms with E-state index in [1.807, 2.05) is 0 Å². The molecule has 0 spiro atoms. The Bertz CT molecular complexity index is 423. The average molecular weight is 249 g/mol. The number of aromatic carboxylic acids is 1. The van der Waals surface area contributed by atoms with E-state index in [-0.39, 0.29) is 11.8 Å². The van der Waals surface area contributed by atoms with Crippen LogP contribution in [0.4, 0.5) is 0 Å². The lowest BCUT2D eigenvalue weighted by molar-refractivity contribution is -0.129. The van der Waals surface area contributed by atoms with Crippen molar-refractivity contribution in [1.82, 2.24) is 4.90 Å². The molecule has 1 aromatic rings. The van der Waals surface area contributed by atoms with Gasteiger partial charge >= 0.3 is 5.97 Å². The first kappa shape index (κ1) is 12.6. The molecule has 0 aliphatic carbocycles. The zero-order valence-electron chi connectivity index (χ0n) is 9.91. The fraction of sp³-hybridized carbons (Fsp3) is 0.385. The molecule has 2 rings (SSSR count). The smallest absolute Gasteiger partial charge is 0.335 e. The van der Waals surface area contributed by atoms with Gasteiger partial charge < -0.3 is 14.7 Å². The Balaban J connectivity index is 2.02. The summed E-state index contributed by atoms with van der Waals surface area (Å²) in [5.41, 5.74) is 1.14. The lowest BCUT2D eigenvalue weighted by atomic mass is 10.1. The second-order valence-electron chi connectivity index (χ2n) is 4.25. The van der Waals surface area contributed by atoms with Gasteiger partial charge in [-0.15, -0.1) is 0 Å². The molecule has 96 valence electrons. The molecule has 5 heteroatoms. The second-order valence-corrected chi connectivity index (χ2v) is 4.25. The van der Waals surface area contributed by atoms with Crippen molar-refractivity contribution in [3.8, 4) is 0 Å². The summed E-state index contributed by atoms with van der Waals surface area (Å²) in [5.74, 6) is -0.951. The molecular weight excluding hydrogens is 234 g/mol. The molecule has 1 N–H and O–H groups in total. The third-order valence-corrected chi connectivity index (χ3v) is 2.98. The number of carboxylic acids is 1. The van der Waals surface area contributed by atoms with Crippen LogP contribution in [0.3, 0.4) is 0 Å². The number of nitrogens with zero attached hydrogens (tertiary/aromatic N) is 1. The van der Waals surface area contributed by atoms with Crippen molar-refractivity contribution in [2.45, 2.75) is 25.6 Å². The molecule has 1 atom stereocenters. The minimum atomic E-state index is -0.951. The van der Waals surface area contributed by atoms with Gasteiger partial charge in [0.2, 0.25) is 6.41 Å². The maximum absolute atomic E-state index is 11.0. The zero-order valence-corrected chi connectivity index (χ0v) is 9.91. The van der Waals surface area contributed by atoms with E-state index in [1.165, 1.54) is 12.1 Å². The lowest BCUT2D eigenvalue weighted by Crippen LogP contribution is -2.32. The molecule has 1 fully saturated rings. The Kier molecular flexibility index (Phi) is 3.94. The predicted molar refractivity (Wildman–Crippen MR) is 64.0 cm³/mol. The number of carbonyl (C=O) groups excluding carboxylic acids is 1. The maximum atomic E-state index is 11.0. The van der Waals surface area contributed by atoms with Crippen molar-refractivity contribution < 1.29 is 19.4 Å². The van der Waals surface area contributed by atoms with E-state index in [9.17, 15) is 9.59 Å². The van der Waals surface area contributed by atoms with Crippen LogP contribution in [0, 0.1) is 0 Å². The topological polar surface area (TPSA) is 66.8 Å². The molecule has 1 heterocycles. The first-order chi connectivity index (χ1) is 8.70. The molecule has 0 aromatic heterocycles. The standard InChI is InChI=1S/C13H15NO4/c15-9-14(12-2-1-7-18-12)8-10-3-5-11(6-4-10)13(16)17/h3-6,9,12H,1-2,7-8H2,(H,16,17). The summed E-state index contributed by atoms with van der Waals surface area (Å²) in [6.45, 7) is 1.13. The molecule has 0 radical (unpaired) electrons. The lowest BCUT2D eigenvalue weighted by Gasteiger charge is -2.23. The Morgan fingerprint density at radius 3 is 2.67 bits per heavy atom. The monoisotopic (exact) mass is 249 g/mol. The molecule has 0 saturated carbocycles. The summed E-state index contributed by atoms with van der Waals surface area (Å²) < 4.78 is 5.44. The third-order valence-electron chi connectivity index (χ3n) is 2.98. The Hall–Kier alpha value is -1.88. The van der Waals surface area contributed by atoms with E-state index in [2.05, 4.69) is 0 Å². The van der Waals surface area contributed by atoms with E-state index >= 15 is 0 Å². The molecule has 1 aromatic carbocycles. The van der Waals surface area contributed by atoms with Crippen molar-refractivity contribution in [2.24, 2.45) is 0 Å². The van der Waals surface area contributed by atoms with Crippen LogP contribution in [0.1, 0.15) is 28.8 Å². The fourth-order valence-electron chi connectivity index (χ4n) is 1.99. The van der Waals surface area contributed by atoms with Gasteiger partial charge in [-0.2, -0.15) is 0 Å². The summed E-state index contributed by atoms with van der Waals surface area (Å²) in [5, 5.41) is 8.79. The van der Waals surface area contributed by atoms with Crippen molar-refractivity contribution >= 4 is 12.4 Å². The Morgan fingerprint density at radius 1 is 1.44 bits per heavy atom. The van der Waals surface area contributed by atoms with Crippen molar-refractivity contribution in [1.29, 1.82) is 0 Å². The number of rotatable bonds is 5. The molecule has 0 bridgehead atoms. The molecule has 18 heavy (non-hydrogen) atoms. The van der Waals surface area contributed by atoms with E-state index in [0.29, 0.717) is 13.2 Å². The van der Waals surface area contributed by atoms with Gasteiger partial charge in [-0.25, -0.2) is 4.79 Å². The number of carboxylic acid groups (broad SMARTS) is 1. The summed E-state index contributed by atoms with van der Waals surface area (Å²) in [6.07, 6.45) is 2.45. The molecule has 1 amide bonds. The highest BCUT2D eigenvalue weighted by molar-refractivity contribution is 5.87. The van der Waals surface area contributed by atoms with Crippen molar-refractivity contribution in [3.63, 3.8) is 0 Å². The number of benzene rings is 1. The number of ether oxygens (including phenoxy) is 1. The zero-order chi connectivity index (χ0) is 13.0. The summed E-state index contributed by atoms with van der Waals surface area (Å²) >= 11 is 0. The number of hydrogen-bond donors (Lipinski definition) is 1. The van der Waals surface area contributed by atoms with Crippen LogP contribution in [-0.4, -0.2) is 35.2 Å². The molecule has 1 aliphatic heterocycles. The number of amides is 1. The number of hydrogen-bond acceptors (Lipinski definition) is 3. The maximum Gasteiger partial charge on any atom is 0.335 e. The SMILES string of the molecule is O=CN(Cc1ccc(C(=O)O)cc1)C1CCCO1. The minimum absolute atomic E-state index is 0.151. The second kappa shape index (κ2) is 5.64. The summed E-state index contributed by atoms with van der Waals surface area (Å²) in [4.78, 5) is 23.3. The Labute approximate surface area is 105 Å². The average Bonchev–Trinajstić information content (AvgIpc) is 2.90. The van der Waals surface area contributed by atoms with Crippen LogP contribution in [-0.2, 0) is 16.1 Å². The van der Waals surface area contributed by atoms with Gasteiger partial charge in [0.05, 0.1) is 5.56 Å². The Morgan fingerprint density at radius 2 is 2.17 bits per heavy atom. The van der Waals surface area contributed by atoms with E-state index < -0.39 is 5.97 Å². The largest absolute Gasteiger partial charge is 0.478 e. The first-order valence-corrected chi connectivity index (χ1v) is 5.85. The molecule has 1 aliphatic rings. The molecule has 5 nitrogen and oxygen atoms in total. The molecular formula is C13H15NO4. The fourth-order valence-corrected chi connectivity index (χ4v) is 1.99. The minimum Gasteiger partial charge on any atom is -0.478 e. The van der Waals surface area contributed by atoms with Crippen molar-refractivity contribution in [2.75, 3.05) is 6.61 Å². The number of carbonyl (C=O) groups is 2. The van der Waals surface area contributed by atoms with Crippen LogP contribution in [0.25, 0.3) is 0 Å². The van der Waals surface area contributed by atoms with Crippen LogP contribution in [0.2, 0.25) is 0 Å². The van der Waals surface area contributed by atoms with Gasteiger partial charge in [-0.1, -0.05) is 12.1 Å². The third kappa shape index (κ3) is 2.87. The summed E-state index contributed by atoms with van der Waals surface area (Å²) in [7, 11) is 0. The van der Waals surface area contributed by atoms with Crippen LogP contribution >= 0.6 is 0 Å². The predicted octanol–water partition coefficient (Wildman–Crippen LogP) is 1.48. The molecule has 1 unspecified atom stereocenters. The first-order valence-electron chi connectivity index (χ1n) is 5.85. The van der Waals surface area contributed by atoms with E-state index in [1.54, 1.807) is 17.0 Å². The van der Waals surface area contributed by atoms with Gasteiger partial charge in [0.15, 0.2) is 0 Å².